The van der Waals surface area contributed by atoms with Gasteiger partial charge in [0.05, 0.1) is 12.9 Å². The van der Waals surface area contributed by atoms with Gasteiger partial charge < -0.3 is 14.1 Å². The zero-order chi connectivity index (χ0) is 16.9. The topological polar surface area (TPSA) is 28.9 Å². The Morgan fingerprint density at radius 2 is 1.76 bits per heavy atom. The molecule has 0 atom stereocenters. The van der Waals surface area contributed by atoms with Gasteiger partial charge in [-0.1, -0.05) is 18.2 Å². The van der Waals surface area contributed by atoms with Crippen LogP contribution in [0.1, 0.15) is 6.42 Å². The van der Waals surface area contributed by atoms with E-state index >= 15 is 0 Å². The molecule has 1 aromatic heterocycles. The van der Waals surface area contributed by atoms with Crippen LogP contribution in [0.2, 0.25) is 0 Å². The summed E-state index contributed by atoms with van der Waals surface area (Å²) in [6, 6.07) is 18.7. The van der Waals surface area contributed by atoms with Crippen LogP contribution in [0.15, 0.2) is 65.3 Å². The minimum atomic E-state index is 0.741. The molecule has 25 heavy (non-hydrogen) atoms. The number of fused-ring (bicyclic) bond motifs is 1. The van der Waals surface area contributed by atoms with Gasteiger partial charge in [0, 0.05) is 49.9 Å². The maximum atomic E-state index is 5.87. The Bertz CT molecular complexity index is 792. The van der Waals surface area contributed by atoms with Crippen LogP contribution in [-0.2, 0) is 0 Å². The predicted molar refractivity (Wildman–Crippen MR) is 101 cm³/mol. The first kappa shape index (κ1) is 16.0. The van der Waals surface area contributed by atoms with Crippen LogP contribution < -0.4 is 9.64 Å². The number of para-hydroxylation sites is 1. The van der Waals surface area contributed by atoms with Gasteiger partial charge in [-0.2, -0.15) is 0 Å². The molecular weight excluding hydrogens is 312 g/mol. The number of benzene rings is 2. The van der Waals surface area contributed by atoms with Gasteiger partial charge in [-0.25, -0.2) is 0 Å². The van der Waals surface area contributed by atoms with E-state index in [-0.39, 0.29) is 0 Å². The maximum absolute atomic E-state index is 5.87. The Morgan fingerprint density at radius 1 is 0.920 bits per heavy atom. The zero-order valence-corrected chi connectivity index (χ0v) is 14.4. The van der Waals surface area contributed by atoms with E-state index in [0.29, 0.717) is 0 Å². The van der Waals surface area contributed by atoms with Crippen LogP contribution >= 0.6 is 0 Å². The Kier molecular flexibility index (Phi) is 4.89. The van der Waals surface area contributed by atoms with Crippen LogP contribution in [0.5, 0.6) is 5.75 Å². The quantitative estimate of drug-likeness (QED) is 0.636. The highest BCUT2D eigenvalue weighted by molar-refractivity contribution is 5.78. The molecule has 4 heteroatoms. The standard InChI is InChI=1S/C21H24N2O2/c1-2-5-19(6-3-1)23-13-11-22(12-14-23)10-4-15-24-20-8-7-18-9-16-25-21(18)17-20/h1-3,5-9,16-17H,4,10-15H2. The minimum Gasteiger partial charge on any atom is -0.493 e. The van der Waals surface area contributed by atoms with E-state index < -0.39 is 0 Å². The van der Waals surface area contributed by atoms with Crippen molar-refractivity contribution in [2.24, 2.45) is 0 Å². The highest BCUT2D eigenvalue weighted by Gasteiger charge is 2.16. The lowest BCUT2D eigenvalue weighted by Gasteiger charge is -2.36. The molecular formula is C21H24N2O2. The number of ether oxygens (including phenoxy) is 1. The molecule has 0 aliphatic carbocycles. The largest absolute Gasteiger partial charge is 0.493 e. The van der Waals surface area contributed by atoms with Crippen LogP contribution in [0.25, 0.3) is 11.0 Å². The molecule has 1 aliphatic heterocycles. The second-order valence-electron chi connectivity index (χ2n) is 6.49. The molecule has 0 unspecified atom stereocenters. The molecule has 0 amide bonds. The summed E-state index contributed by atoms with van der Waals surface area (Å²) >= 11 is 0. The Hall–Kier alpha value is -2.46. The molecule has 0 saturated carbocycles. The molecule has 1 saturated heterocycles. The highest BCUT2D eigenvalue weighted by atomic mass is 16.5. The van der Waals surface area contributed by atoms with Crippen molar-refractivity contribution in [1.29, 1.82) is 0 Å². The normalized spacial score (nSPS) is 15.6. The maximum Gasteiger partial charge on any atom is 0.137 e. The Balaban J connectivity index is 1.18. The van der Waals surface area contributed by atoms with Gasteiger partial charge in [-0.05, 0) is 36.8 Å². The summed E-state index contributed by atoms with van der Waals surface area (Å²) in [5.74, 6) is 0.886. The lowest BCUT2D eigenvalue weighted by molar-refractivity contribution is 0.225. The number of anilines is 1. The molecule has 2 heterocycles. The zero-order valence-electron chi connectivity index (χ0n) is 14.4. The third-order valence-electron chi connectivity index (χ3n) is 4.81. The molecule has 1 aliphatic rings. The van der Waals surface area contributed by atoms with Gasteiger partial charge in [-0.15, -0.1) is 0 Å². The van der Waals surface area contributed by atoms with Crippen molar-refractivity contribution in [2.75, 3.05) is 44.2 Å². The fraction of sp³-hybridized carbons (Fsp3) is 0.333. The summed E-state index contributed by atoms with van der Waals surface area (Å²) in [6.45, 7) is 6.26. The van der Waals surface area contributed by atoms with Crippen LogP contribution in [0.4, 0.5) is 5.69 Å². The van der Waals surface area contributed by atoms with E-state index in [1.165, 1.54) is 5.69 Å². The fourth-order valence-corrected chi connectivity index (χ4v) is 3.37. The molecule has 130 valence electrons. The first-order valence-electron chi connectivity index (χ1n) is 9.01. The molecule has 0 radical (unpaired) electrons. The SMILES string of the molecule is c1ccc(N2CCN(CCCOc3ccc4ccoc4c3)CC2)cc1. The first-order chi connectivity index (χ1) is 12.4. The molecule has 0 bridgehead atoms. The van der Waals surface area contributed by atoms with Gasteiger partial charge in [0.2, 0.25) is 0 Å². The Morgan fingerprint density at radius 3 is 2.60 bits per heavy atom. The average Bonchev–Trinajstić information content (AvgIpc) is 3.14. The first-order valence-corrected chi connectivity index (χ1v) is 9.01. The third-order valence-corrected chi connectivity index (χ3v) is 4.81. The van der Waals surface area contributed by atoms with Gasteiger partial charge in [0.25, 0.3) is 0 Å². The summed E-state index contributed by atoms with van der Waals surface area (Å²) in [7, 11) is 0. The Labute approximate surface area is 148 Å². The number of hydrogen-bond acceptors (Lipinski definition) is 4. The van der Waals surface area contributed by atoms with Gasteiger partial charge in [0.1, 0.15) is 11.3 Å². The second-order valence-corrected chi connectivity index (χ2v) is 6.49. The summed E-state index contributed by atoms with van der Waals surface area (Å²) in [6.07, 6.45) is 2.76. The lowest BCUT2D eigenvalue weighted by Crippen LogP contribution is -2.46. The number of furan rings is 1. The van der Waals surface area contributed by atoms with E-state index in [1.807, 2.05) is 24.3 Å². The summed E-state index contributed by atoms with van der Waals surface area (Å²) in [4.78, 5) is 4.99. The van der Waals surface area contributed by atoms with E-state index in [2.05, 4.69) is 40.1 Å². The third kappa shape index (κ3) is 3.97. The van der Waals surface area contributed by atoms with E-state index in [9.17, 15) is 0 Å². The summed E-state index contributed by atoms with van der Waals surface area (Å²) in [5, 5.41) is 1.11. The molecule has 2 aromatic carbocycles. The van der Waals surface area contributed by atoms with Gasteiger partial charge in [0.15, 0.2) is 0 Å². The highest BCUT2D eigenvalue weighted by Crippen LogP contribution is 2.21. The second kappa shape index (κ2) is 7.62. The molecule has 3 aromatic rings. The molecule has 4 rings (SSSR count). The average molecular weight is 336 g/mol. The number of hydrogen-bond donors (Lipinski definition) is 0. The summed E-state index contributed by atoms with van der Waals surface area (Å²) in [5.41, 5.74) is 2.22. The molecule has 4 nitrogen and oxygen atoms in total. The van der Waals surface area contributed by atoms with Crippen LogP contribution in [-0.4, -0.2) is 44.2 Å². The fourth-order valence-electron chi connectivity index (χ4n) is 3.37. The van der Waals surface area contributed by atoms with Crippen LogP contribution in [0.3, 0.4) is 0 Å². The smallest absolute Gasteiger partial charge is 0.137 e. The molecule has 0 spiro atoms. The van der Waals surface area contributed by atoms with E-state index in [0.717, 1.165) is 62.5 Å². The van der Waals surface area contributed by atoms with Crippen molar-refractivity contribution in [2.45, 2.75) is 6.42 Å². The van der Waals surface area contributed by atoms with Crippen molar-refractivity contribution in [3.05, 3.63) is 60.9 Å². The monoisotopic (exact) mass is 336 g/mol. The molecule has 0 N–H and O–H groups in total. The van der Waals surface area contributed by atoms with Crippen molar-refractivity contribution < 1.29 is 9.15 Å². The number of nitrogens with zero attached hydrogens (tertiary/aromatic N) is 2. The number of rotatable bonds is 6. The van der Waals surface area contributed by atoms with Gasteiger partial charge in [-0.3, -0.25) is 4.90 Å². The minimum absolute atomic E-state index is 0.741. The lowest BCUT2D eigenvalue weighted by atomic mass is 10.2. The van der Waals surface area contributed by atoms with E-state index in [1.54, 1.807) is 6.26 Å². The van der Waals surface area contributed by atoms with Crippen molar-refractivity contribution in [3.63, 3.8) is 0 Å². The molecule has 1 fully saturated rings. The van der Waals surface area contributed by atoms with E-state index in [4.69, 9.17) is 9.15 Å². The number of piperazine rings is 1. The van der Waals surface area contributed by atoms with Crippen molar-refractivity contribution >= 4 is 16.7 Å². The van der Waals surface area contributed by atoms with Crippen LogP contribution in [0, 0.1) is 0 Å². The predicted octanol–water partition coefficient (Wildman–Crippen LogP) is 4.02. The van der Waals surface area contributed by atoms with Gasteiger partial charge >= 0.3 is 0 Å². The summed E-state index contributed by atoms with van der Waals surface area (Å²) < 4.78 is 11.3. The van der Waals surface area contributed by atoms with Crippen molar-refractivity contribution in [3.8, 4) is 5.75 Å². The van der Waals surface area contributed by atoms with Crippen molar-refractivity contribution in [1.82, 2.24) is 4.90 Å².